The predicted octanol–water partition coefficient (Wildman–Crippen LogP) is 4.74. The van der Waals surface area contributed by atoms with Crippen LogP contribution in [0.5, 0.6) is 0 Å². The summed E-state index contributed by atoms with van der Waals surface area (Å²) in [4.78, 5) is 12.0. The van der Waals surface area contributed by atoms with Crippen molar-refractivity contribution in [3.8, 4) is 0 Å². The van der Waals surface area contributed by atoms with Gasteiger partial charge >= 0.3 is 0 Å². The van der Waals surface area contributed by atoms with Gasteiger partial charge < -0.3 is 5.32 Å². The first-order chi connectivity index (χ1) is 8.58. The number of nitrogens with one attached hydrogen (secondary N) is 1. The van der Waals surface area contributed by atoms with Crippen molar-refractivity contribution in [1.29, 1.82) is 0 Å². The zero-order valence-electron chi connectivity index (χ0n) is 10.8. The molecule has 2 nitrogen and oxygen atoms in total. The molecule has 1 N–H and O–H groups in total. The van der Waals surface area contributed by atoms with Crippen molar-refractivity contribution in [2.75, 3.05) is 5.32 Å². The van der Waals surface area contributed by atoms with Crippen molar-refractivity contribution < 1.29 is 9.18 Å². The van der Waals surface area contributed by atoms with E-state index in [1.54, 1.807) is 12.1 Å². The van der Waals surface area contributed by atoms with Crippen LogP contribution in [0, 0.1) is 11.7 Å². The monoisotopic (exact) mass is 315 g/mol. The molecule has 18 heavy (non-hydrogen) atoms. The Morgan fingerprint density at radius 2 is 2.17 bits per heavy atom. The highest BCUT2D eigenvalue weighted by Gasteiger charge is 2.17. The van der Waals surface area contributed by atoms with Gasteiger partial charge in [-0.15, -0.1) is 0 Å². The first-order valence-corrected chi connectivity index (χ1v) is 7.13. The first kappa shape index (κ1) is 15.2. The number of rotatable bonds is 6. The fourth-order valence-electron chi connectivity index (χ4n) is 1.80. The van der Waals surface area contributed by atoms with Crippen LogP contribution < -0.4 is 5.32 Å². The summed E-state index contributed by atoms with van der Waals surface area (Å²) in [5.41, 5.74) is 0.248. The molecule has 0 aliphatic rings. The number of amides is 1. The smallest absolute Gasteiger partial charge is 0.227 e. The van der Waals surface area contributed by atoms with Crippen molar-refractivity contribution in [2.24, 2.45) is 5.92 Å². The zero-order chi connectivity index (χ0) is 13.5. The molecule has 1 unspecified atom stereocenters. The van der Waals surface area contributed by atoms with Gasteiger partial charge in [-0.25, -0.2) is 4.39 Å². The summed E-state index contributed by atoms with van der Waals surface area (Å²) in [5.74, 6) is -0.539. The molecular weight excluding hydrogens is 297 g/mol. The molecule has 0 aromatic heterocycles. The lowest BCUT2D eigenvalue weighted by Crippen LogP contribution is -2.22. The normalized spacial score (nSPS) is 12.2. The SMILES string of the molecule is CCCCC(CC)C(=O)Nc1ccc(Br)cc1F. The van der Waals surface area contributed by atoms with E-state index in [2.05, 4.69) is 28.2 Å². The first-order valence-electron chi connectivity index (χ1n) is 6.34. The standard InChI is InChI=1S/C14H19BrFNO/c1-3-5-6-10(4-2)14(18)17-13-8-7-11(15)9-12(13)16/h7-10H,3-6H2,1-2H3,(H,17,18). The number of carbonyl (C=O) groups excluding carboxylic acids is 1. The van der Waals surface area contributed by atoms with Crippen molar-refractivity contribution in [2.45, 2.75) is 39.5 Å². The van der Waals surface area contributed by atoms with Crippen LogP contribution in [0.25, 0.3) is 0 Å². The predicted molar refractivity (Wildman–Crippen MR) is 76.0 cm³/mol. The van der Waals surface area contributed by atoms with E-state index in [4.69, 9.17) is 0 Å². The van der Waals surface area contributed by atoms with Gasteiger partial charge in [-0.2, -0.15) is 0 Å². The molecule has 4 heteroatoms. The van der Waals surface area contributed by atoms with Gasteiger partial charge in [0.1, 0.15) is 5.82 Å². The molecule has 0 aliphatic heterocycles. The molecule has 100 valence electrons. The summed E-state index contributed by atoms with van der Waals surface area (Å²) in [5, 5.41) is 2.66. The maximum Gasteiger partial charge on any atom is 0.227 e. The zero-order valence-corrected chi connectivity index (χ0v) is 12.4. The summed E-state index contributed by atoms with van der Waals surface area (Å²) in [7, 11) is 0. The van der Waals surface area contributed by atoms with Gasteiger partial charge in [-0.3, -0.25) is 4.79 Å². The minimum Gasteiger partial charge on any atom is -0.323 e. The largest absolute Gasteiger partial charge is 0.323 e. The van der Waals surface area contributed by atoms with Crippen LogP contribution in [0.1, 0.15) is 39.5 Å². The number of carbonyl (C=O) groups is 1. The highest BCUT2D eigenvalue weighted by molar-refractivity contribution is 9.10. The number of hydrogen-bond acceptors (Lipinski definition) is 1. The number of unbranched alkanes of at least 4 members (excludes halogenated alkanes) is 1. The summed E-state index contributed by atoms with van der Waals surface area (Å²) in [6.07, 6.45) is 3.73. The Labute approximate surface area is 116 Å². The second-order valence-corrected chi connectivity index (χ2v) is 5.28. The Bertz CT molecular complexity index is 409. The van der Waals surface area contributed by atoms with Gasteiger partial charge in [-0.1, -0.05) is 42.6 Å². The molecule has 0 saturated heterocycles. The molecule has 0 saturated carbocycles. The highest BCUT2D eigenvalue weighted by atomic mass is 79.9. The van der Waals surface area contributed by atoms with Crippen LogP contribution in [0.2, 0.25) is 0 Å². The van der Waals surface area contributed by atoms with Crippen molar-refractivity contribution >= 4 is 27.5 Å². The van der Waals surface area contributed by atoms with Gasteiger partial charge in [0.05, 0.1) is 5.69 Å². The lowest BCUT2D eigenvalue weighted by molar-refractivity contribution is -0.120. The summed E-state index contributed by atoms with van der Waals surface area (Å²) >= 11 is 3.19. The second kappa shape index (κ2) is 7.52. The molecule has 1 rings (SSSR count). The van der Waals surface area contributed by atoms with Gasteiger partial charge in [-0.05, 0) is 31.0 Å². The van der Waals surface area contributed by atoms with Gasteiger partial charge in [0.15, 0.2) is 0 Å². The fraction of sp³-hybridized carbons (Fsp3) is 0.500. The van der Waals surface area contributed by atoms with Crippen LogP contribution in [0.3, 0.4) is 0 Å². The summed E-state index contributed by atoms with van der Waals surface area (Å²) in [6.45, 7) is 4.08. The minimum absolute atomic E-state index is 0.0343. The maximum absolute atomic E-state index is 13.6. The molecule has 0 aliphatic carbocycles. The topological polar surface area (TPSA) is 29.1 Å². The van der Waals surface area contributed by atoms with Crippen LogP contribution in [-0.2, 0) is 4.79 Å². The van der Waals surface area contributed by atoms with Crippen LogP contribution >= 0.6 is 15.9 Å². The summed E-state index contributed by atoms with van der Waals surface area (Å²) in [6, 6.07) is 4.64. The second-order valence-electron chi connectivity index (χ2n) is 4.36. The van der Waals surface area contributed by atoms with Gasteiger partial charge in [0, 0.05) is 10.4 Å². The van der Waals surface area contributed by atoms with Crippen molar-refractivity contribution in [1.82, 2.24) is 0 Å². The van der Waals surface area contributed by atoms with E-state index < -0.39 is 5.82 Å². The molecule has 0 bridgehead atoms. The van der Waals surface area contributed by atoms with Crippen LogP contribution in [0.15, 0.2) is 22.7 Å². The van der Waals surface area contributed by atoms with E-state index in [0.29, 0.717) is 4.47 Å². The number of anilines is 1. The Morgan fingerprint density at radius 3 is 2.72 bits per heavy atom. The molecule has 1 aromatic rings. The average molecular weight is 316 g/mol. The molecule has 1 aromatic carbocycles. The van der Waals surface area contributed by atoms with Crippen LogP contribution in [0.4, 0.5) is 10.1 Å². The van der Waals surface area contributed by atoms with E-state index in [1.165, 1.54) is 6.07 Å². The van der Waals surface area contributed by atoms with E-state index in [1.807, 2.05) is 6.92 Å². The molecule has 1 atom stereocenters. The lowest BCUT2D eigenvalue weighted by atomic mass is 9.98. The Morgan fingerprint density at radius 1 is 1.44 bits per heavy atom. The Hall–Kier alpha value is -0.900. The molecule has 1 amide bonds. The Balaban J connectivity index is 2.67. The van der Waals surface area contributed by atoms with E-state index in [-0.39, 0.29) is 17.5 Å². The van der Waals surface area contributed by atoms with Gasteiger partial charge in [0.25, 0.3) is 0 Å². The number of halogens is 2. The van der Waals surface area contributed by atoms with E-state index >= 15 is 0 Å². The molecular formula is C14H19BrFNO. The number of hydrogen-bond donors (Lipinski definition) is 1. The van der Waals surface area contributed by atoms with Crippen molar-refractivity contribution in [3.63, 3.8) is 0 Å². The number of benzene rings is 1. The molecule has 0 spiro atoms. The molecule has 0 fully saturated rings. The molecule has 0 radical (unpaired) electrons. The average Bonchev–Trinajstić information content (AvgIpc) is 2.34. The third kappa shape index (κ3) is 4.41. The maximum atomic E-state index is 13.6. The third-order valence-electron chi connectivity index (χ3n) is 2.96. The quantitative estimate of drug-likeness (QED) is 0.807. The highest BCUT2D eigenvalue weighted by Crippen LogP contribution is 2.21. The third-order valence-corrected chi connectivity index (χ3v) is 3.45. The summed E-state index contributed by atoms with van der Waals surface area (Å²) < 4.78 is 14.2. The van der Waals surface area contributed by atoms with Crippen LogP contribution in [-0.4, -0.2) is 5.91 Å². The molecule has 0 heterocycles. The minimum atomic E-state index is -0.414. The van der Waals surface area contributed by atoms with Gasteiger partial charge in [0.2, 0.25) is 5.91 Å². The van der Waals surface area contributed by atoms with Crippen molar-refractivity contribution in [3.05, 3.63) is 28.5 Å². The Kier molecular flexibility index (Phi) is 6.33. The lowest BCUT2D eigenvalue weighted by Gasteiger charge is -2.15. The van der Waals surface area contributed by atoms with E-state index in [0.717, 1.165) is 25.7 Å². The van der Waals surface area contributed by atoms with E-state index in [9.17, 15) is 9.18 Å². The fourth-order valence-corrected chi connectivity index (χ4v) is 2.13.